The Hall–Kier alpha value is -1.66. The Morgan fingerprint density at radius 2 is 2.36 bits per heavy atom. The molecule has 72 valence electrons. The minimum Gasteiger partial charge on any atom is -0.481 e. The van der Waals surface area contributed by atoms with Gasteiger partial charge in [0, 0.05) is 0 Å². The van der Waals surface area contributed by atoms with E-state index in [1.807, 2.05) is 0 Å². The molecule has 0 aliphatic heterocycles. The van der Waals surface area contributed by atoms with E-state index in [1.165, 1.54) is 12.1 Å². The molecule has 0 atom stereocenters. The first-order valence-corrected chi connectivity index (χ1v) is 4.12. The summed E-state index contributed by atoms with van der Waals surface area (Å²) in [6.07, 6.45) is 4.99. The fourth-order valence-corrected chi connectivity index (χ4v) is 1.08. The maximum Gasteiger partial charge on any atom is 0.337 e. The van der Waals surface area contributed by atoms with Crippen molar-refractivity contribution in [1.29, 1.82) is 0 Å². The molecule has 0 heterocycles. The molecule has 1 aromatic carbocycles. The number of carbonyl (C=O) groups is 1. The summed E-state index contributed by atoms with van der Waals surface area (Å²) in [4.78, 5) is 10.7. The Morgan fingerprint density at radius 3 is 2.93 bits per heavy atom. The predicted octanol–water partition coefficient (Wildman–Crippen LogP) is 2.05. The SMILES string of the molecule is C#CCOc1ccc(Cl)c(C(=O)O)c1. The minimum atomic E-state index is -1.10. The molecule has 0 saturated heterocycles. The maximum atomic E-state index is 10.7. The van der Waals surface area contributed by atoms with Gasteiger partial charge in [-0.1, -0.05) is 17.5 Å². The van der Waals surface area contributed by atoms with Gasteiger partial charge in [0.2, 0.25) is 0 Å². The number of aromatic carboxylic acids is 1. The molecule has 1 aromatic rings. The van der Waals surface area contributed by atoms with Crippen molar-refractivity contribution in [3.8, 4) is 18.1 Å². The van der Waals surface area contributed by atoms with Gasteiger partial charge in [-0.25, -0.2) is 4.79 Å². The zero-order valence-electron chi connectivity index (χ0n) is 7.16. The molecular formula is C10H7ClO3. The highest BCUT2D eigenvalue weighted by molar-refractivity contribution is 6.33. The smallest absolute Gasteiger partial charge is 0.337 e. The van der Waals surface area contributed by atoms with Crippen LogP contribution in [0, 0.1) is 12.3 Å². The van der Waals surface area contributed by atoms with Crippen LogP contribution in [0.3, 0.4) is 0 Å². The van der Waals surface area contributed by atoms with Gasteiger partial charge in [-0.15, -0.1) is 6.42 Å². The number of carboxylic acids is 1. The van der Waals surface area contributed by atoms with Gasteiger partial charge in [-0.05, 0) is 18.2 Å². The fourth-order valence-electron chi connectivity index (χ4n) is 0.883. The third kappa shape index (κ3) is 2.41. The lowest BCUT2D eigenvalue weighted by atomic mass is 10.2. The summed E-state index contributed by atoms with van der Waals surface area (Å²) in [7, 11) is 0. The van der Waals surface area contributed by atoms with E-state index >= 15 is 0 Å². The zero-order chi connectivity index (χ0) is 10.6. The van der Waals surface area contributed by atoms with Crippen LogP contribution >= 0.6 is 11.6 Å². The van der Waals surface area contributed by atoms with Gasteiger partial charge in [-0.3, -0.25) is 0 Å². The molecule has 0 fully saturated rings. The first kappa shape index (κ1) is 10.4. The standard InChI is InChI=1S/C10H7ClO3/c1-2-5-14-7-3-4-9(11)8(6-7)10(12)13/h1,3-4,6H,5H2,(H,12,13). The summed E-state index contributed by atoms with van der Waals surface area (Å²) in [6.45, 7) is 0.0979. The lowest BCUT2D eigenvalue weighted by Crippen LogP contribution is -1.99. The van der Waals surface area contributed by atoms with Crippen LogP contribution < -0.4 is 4.74 Å². The predicted molar refractivity (Wildman–Crippen MR) is 52.7 cm³/mol. The summed E-state index contributed by atoms with van der Waals surface area (Å²) in [5.74, 6) is 1.57. The topological polar surface area (TPSA) is 46.5 Å². The first-order chi connectivity index (χ1) is 6.65. The fraction of sp³-hybridized carbons (Fsp3) is 0.100. The van der Waals surface area contributed by atoms with Gasteiger partial charge in [0.05, 0.1) is 10.6 Å². The van der Waals surface area contributed by atoms with E-state index in [0.29, 0.717) is 5.75 Å². The highest BCUT2D eigenvalue weighted by Crippen LogP contribution is 2.21. The van der Waals surface area contributed by atoms with Crippen molar-refractivity contribution in [2.24, 2.45) is 0 Å². The van der Waals surface area contributed by atoms with E-state index in [2.05, 4.69) is 5.92 Å². The Balaban J connectivity index is 2.96. The van der Waals surface area contributed by atoms with Crippen molar-refractivity contribution >= 4 is 17.6 Å². The highest BCUT2D eigenvalue weighted by atomic mass is 35.5. The van der Waals surface area contributed by atoms with Crippen molar-refractivity contribution in [3.05, 3.63) is 28.8 Å². The zero-order valence-corrected chi connectivity index (χ0v) is 7.91. The Morgan fingerprint density at radius 1 is 1.64 bits per heavy atom. The molecular weight excluding hydrogens is 204 g/mol. The van der Waals surface area contributed by atoms with E-state index in [9.17, 15) is 4.79 Å². The van der Waals surface area contributed by atoms with Crippen LogP contribution in [0.15, 0.2) is 18.2 Å². The lowest BCUT2D eigenvalue weighted by molar-refractivity contribution is 0.0696. The van der Waals surface area contributed by atoms with Crippen LogP contribution in [0.25, 0.3) is 0 Å². The Kier molecular flexibility index (Phi) is 3.38. The van der Waals surface area contributed by atoms with Gasteiger partial charge in [0.25, 0.3) is 0 Å². The quantitative estimate of drug-likeness (QED) is 0.777. The van der Waals surface area contributed by atoms with Crippen LogP contribution in [0.1, 0.15) is 10.4 Å². The van der Waals surface area contributed by atoms with E-state index in [0.717, 1.165) is 0 Å². The van der Waals surface area contributed by atoms with E-state index in [1.54, 1.807) is 6.07 Å². The molecule has 1 N–H and O–H groups in total. The Labute approximate surface area is 86.3 Å². The van der Waals surface area contributed by atoms with Crippen molar-refractivity contribution in [2.75, 3.05) is 6.61 Å². The number of terminal acetylenes is 1. The van der Waals surface area contributed by atoms with Crippen LogP contribution in [0.2, 0.25) is 5.02 Å². The monoisotopic (exact) mass is 210 g/mol. The maximum absolute atomic E-state index is 10.7. The number of hydrogen-bond acceptors (Lipinski definition) is 2. The van der Waals surface area contributed by atoms with E-state index in [4.69, 9.17) is 27.9 Å². The number of halogens is 1. The number of carboxylic acid groups (broad SMARTS) is 1. The minimum absolute atomic E-state index is 0.00110. The average molecular weight is 211 g/mol. The molecule has 0 radical (unpaired) electrons. The molecule has 0 bridgehead atoms. The molecule has 0 aromatic heterocycles. The van der Waals surface area contributed by atoms with Crippen LogP contribution in [0.4, 0.5) is 0 Å². The molecule has 0 aliphatic rings. The largest absolute Gasteiger partial charge is 0.481 e. The third-order valence-electron chi connectivity index (χ3n) is 1.49. The summed E-state index contributed by atoms with van der Waals surface area (Å²) >= 11 is 5.65. The molecule has 0 unspecified atom stereocenters. The number of ether oxygens (including phenoxy) is 1. The second kappa shape index (κ2) is 4.54. The summed E-state index contributed by atoms with van der Waals surface area (Å²) in [6, 6.07) is 4.35. The molecule has 1 rings (SSSR count). The summed E-state index contributed by atoms with van der Waals surface area (Å²) < 4.78 is 5.04. The van der Waals surface area contributed by atoms with Crippen molar-refractivity contribution in [3.63, 3.8) is 0 Å². The molecule has 0 saturated carbocycles. The van der Waals surface area contributed by atoms with Crippen LogP contribution in [0.5, 0.6) is 5.75 Å². The number of hydrogen-bond donors (Lipinski definition) is 1. The van der Waals surface area contributed by atoms with E-state index in [-0.39, 0.29) is 17.2 Å². The lowest BCUT2D eigenvalue weighted by Gasteiger charge is -2.04. The second-order valence-electron chi connectivity index (χ2n) is 2.44. The normalized spacial score (nSPS) is 9.14. The average Bonchev–Trinajstić information content (AvgIpc) is 2.16. The second-order valence-corrected chi connectivity index (χ2v) is 2.85. The van der Waals surface area contributed by atoms with Gasteiger partial charge in [0.1, 0.15) is 12.4 Å². The van der Waals surface area contributed by atoms with Crippen LogP contribution in [-0.4, -0.2) is 17.7 Å². The molecule has 4 heteroatoms. The van der Waals surface area contributed by atoms with Gasteiger partial charge in [0.15, 0.2) is 0 Å². The van der Waals surface area contributed by atoms with Gasteiger partial charge >= 0.3 is 5.97 Å². The first-order valence-electron chi connectivity index (χ1n) is 3.74. The van der Waals surface area contributed by atoms with Gasteiger partial charge < -0.3 is 9.84 Å². The van der Waals surface area contributed by atoms with E-state index < -0.39 is 5.97 Å². The summed E-state index contributed by atoms with van der Waals surface area (Å²) in [5, 5.41) is 8.91. The third-order valence-corrected chi connectivity index (χ3v) is 1.82. The molecule has 0 aliphatic carbocycles. The van der Waals surface area contributed by atoms with Gasteiger partial charge in [-0.2, -0.15) is 0 Å². The number of rotatable bonds is 3. The molecule has 0 spiro atoms. The highest BCUT2D eigenvalue weighted by Gasteiger charge is 2.09. The van der Waals surface area contributed by atoms with Crippen molar-refractivity contribution < 1.29 is 14.6 Å². The van der Waals surface area contributed by atoms with Crippen molar-refractivity contribution in [1.82, 2.24) is 0 Å². The molecule has 3 nitrogen and oxygen atoms in total. The molecule has 0 amide bonds. The molecule has 14 heavy (non-hydrogen) atoms. The van der Waals surface area contributed by atoms with Crippen LogP contribution in [-0.2, 0) is 0 Å². The summed E-state index contributed by atoms with van der Waals surface area (Å²) in [5.41, 5.74) is 0.00110. The Bertz CT molecular complexity index is 393. The number of benzene rings is 1. The van der Waals surface area contributed by atoms with Crippen molar-refractivity contribution in [2.45, 2.75) is 0 Å².